The van der Waals surface area contributed by atoms with Gasteiger partial charge in [0.05, 0.1) is 7.11 Å². The van der Waals surface area contributed by atoms with Gasteiger partial charge in [0.25, 0.3) is 0 Å². The fourth-order valence-electron chi connectivity index (χ4n) is 1.37. The molecule has 0 bridgehead atoms. The van der Waals surface area contributed by atoms with Gasteiger partial charge in [-0.25, -0.2) is 14.4 Å². The van der Waals surface area contributed by atoms with E-state index in [9.17, 15) is 4.39 Å². The van der Waals surface area contributed by atoms with E-state index in [1.54, 1.807) is 24.5 Å². The lowest BCUT2D eigenvalue weighted by molar-refractivity contribution is 0.387. The molecule has 0 radical (unpaired) electrons. The van der Waals surface area contributed by atoms with Crippen molar-refractivity contribution >= 4 is 15.9 Å². The number of aromatic nitrogens is 2. The zero-order chi connectivity index (χ0) is 12.3. The maximum absolute atomic E-state index is 13.2. The van der Waals surface area contributed by atoms with Crippen LogP contribution in [0.1, 0.15) is 5.56 Å². The highest BCUT2D eigenvalue weighted by molar-refractivity contribution is 9.08. The Hall–Kier alpha value is -1.49. The second kappa shape index (κ2) is 5.23. The summed E-state index contributed by atoms with van der Waals surface area (Å²) in [6, 6.07) is 4.55. The molecule has 2 rings (SSSR count). The van der Waals surface area contributed by atoms with Crippen molar-refractivity contribution in [2.75, 3.05) is 7.11 Å². The highest BCUT2D eigenvalue weighted by Crippen LogP contribution is 2.23. The molecular formula is C12H10BrFN2O. The molecule has 0 aliphatic rings. The van der Waals surface area contributed by atoms with Crippen LogP contribution in [0.4, 0.5) is 4.39 Å². The number of hydrogen-bond donors (Lipinski definition) is 0. The Morgan fingerprint density at radius 1 is 1.29 bits per heavy atom. The third-order valence-electron chi connectivity index (χ3n) is 2.27. The van der Waals surface area contributed by atoms with Crippen molar-refractivity contribution < 1.29 is 9.13 Å². The Balaban J connectivity index is 2.38. The summed E-state index contributed by atoms with van der Waals surface area (Å²) in [5, 5.41) is 0.708. The molecule has 0 saturated carbocycles. The zero-order valence-electron chi connectivity index (χ0n) is 9.15. The number of hydrogen-bond acceptors (Lipinski definition) is 3. The summed E-state index contributed by atoms with van der Waals surface area (Å²) in [6.45, 7) is 0. The monoisotopic (exact) mass is 296 g/mol. The van der Waals surface area contributed by atoms with Crippen molar-refractivity contribution in [3.05, 3.63) is 42.0 Å². The average molecular weight is 297 g/mol. The largest absolute Gasteiger partial charge is 0.494 e. The summed E-state index contributed by atoms with van der Waals surface area (Å²) in [4.78, 5) is 8.41. The molecule has 0 aliphatic heterocycles. The normalized spacial score (nSPS) is 10.3. The quantitative estimate of drug-likeness (QED) is 0.816. The number of rotatable bonds is 3. The molecule has 5 heteroatoms. The minimum absolute atomic E-state index is 0.190. The van der Waals surface area contributed by atoms with Gasteiger partial charge in [0, 0.05) is 23.3 Å². The summed E-state index contributed by atoms with van der Waals surface area (Å²) in [5.41, 5.74) is 1.71. The maximum atomic E-state index is 13.2. The third kappa shape index (κ3) is 2.61. The van der Waals surface area contributed by atoms with Crippen LogP contribution in [-0.2, 0) is 5.33 Å². The van der Waals surface area contributed by atoms with Crippen molar-refractivity contribution in [1.82, 2.24) is 9.97 Å². The Labute approximate surface area is 107 Å². The minimum Gasteiger partial charge on any atom is -0.494 e. The van der Waals surface area contributed by atoms with E-state index in [1.807, 2.05) is 0 Å². The molecule has 0 N–H and O–H groups in total. The van der Waals surface area contributed by atoms with Gasteiger partial charge in [-0.2, -0.15) is 0 Å². The minimum atomic E-state index is -0.395. The van der Waals surface area contributed by atoms with Crippen molar-refractivity contribution in [3.8, 4) is 17.1 Å². The lowest BCUT2D eigenvalue weighted by Crippen LogP contribution is -1.93. The van der Waals surface area contributed by atoms with Crippen LogP contribution in [0, 0.1) is 5.82 Å². The molecular weight excluding hydrogens is 287 g/mol. The first-order chi connectivity index (χ1) is 8.24. The van der Waals surface area contributed by atoms with Gasteiger partial charge in [0.1, 0.15) is 0 Å². The van der Waals surface area contributed by atoms with Crippen LogP contribution in [0.15, 0.2) is 30.6 Å². The van der Waals surface area contributed by atoms with Crippen LogP contribution in [0.3, 0.4) is 0 Å². The summed E-state index contributed by atoms with van der Waals surface area (Å²) in [7, 11) is 1.43. The first kappa shape index (κ1) is 12.0. The Kier molecular flexibility index (Phi) is 3.68. The molecule has 88 valence electrons. The first-order valence-corrected chi connectivity index (χ1v) is 6.07. The van der Waals surface area contributed by atoms with Crippen molar-refractivity contribution in [3.63, 3.8) is 0 Å². The van der Waals surface area contributed by atoms with Crippen molar-refractivity contribution in [2.45, 2.75) is 5.33 Å². The Morgan fingerprint density at radius 3 is 2.59 bits per heavy atom. The van der Waals surface area contributed by atoms with Crippen LogP contribution in [0.5, 0.6) is 5.75 Å². The number of ether oxygens (including phenoxy) is 1. The SMILES string of the molecule is COc1cc(-c2ncc(CBr)cn2)ccc1F. The van der Waals surface area contributed by atoms with Gasteiger partial charge in [-0.3, -0.25) is 0 Å². The molecule has 0 fully saturated rings. The molecule has 2 aromatic rings. The summed E-state index contributed by atoms with van der Waals surface area (Å²) in [6.07, 6.45) is 3.46. The molecule has 17 heavy (non-hydrogen) atoms. The molecule has 0 amide bonds. The predicted molar refractivity (Wildman–Crippen MR) is 66.6 cm³/mol. The number of nitrogens with zero attached hydrogens (tertiary/aromatic N) is 2. The van der Waals surface area contributed by atoms with E-state index in [1.165, 1.54) is 13.2 Å². The second-order valence-electron chi connectivity index (χ2n) is 3.40. The van der Waals surface area contributed by atoms with Crippen LogP contribution < -0.4 is 4.74 Å². The van der Waals surface area contributed by atoms with E-state index in [4.69, 9.17) is 4.74 Å². The maximum Gasteiger partial charge on any atom is 0.165 e. The number of methoxy groups -OCH3 is 1. The van der Waals surface area contributed by atoms with E-state index >= 15 is 0 Å². The van der Waals surface area contributed by atoms with Gasteiger partial charge in [-0.15, -0.1) is 0 Å². The standard InChI is InChI=1S/C12H10BrFN2O/c1-17-11-4-9(2-3-10(11)14)12-15-6-8(5-13)7-16-12/h2-4,6-7H,5H2,1H3. The van der Waals surface area contributed by atoms with Gasteiger partial charge in [0.15, 0.2) is 17.4 Å². The van der Waals surface area contributed by atoms with Gasteiger partial charge in [0.2, 0.25) is 0 Å². The van der Waals surface area contributed by atoms with Crippen molar-refractivity contribution in [1.29, 1.82) is 0 Å². The molecule has 1 heterocycles. The van der Waals surface area contributed by atoms with E-state index < -0.39 is 5.82 Å². The third-order valence-corrected chi connectivity index (χ3v) is 2.92. The number of alkyl halides is 1. The molecule has 3 nitrogen and oxygen atoms in total. The van der Waals surface area contributed by atoms with E-state index in [-0.39, 0.29) is 5.75 Å². The first-order valence-electron chi connectivity index (χ1n) is 4.95. The highest BCUT2D eigenvalue weighted by Gasteiger charge is 2.07. The van der Waals surface area contributed by atoms with Gasteiger partial charge in [-0.1, -0.05) is 15.9 Å². The van der Waals surface area contributed by atoms with Crippen LogP contribution in [0.2, 0.25) is 0 Å². The number of benzene rings is 1. The molecule has 0 unspecified atom stereocenters. The van der Waals surface area contributed by atoms with Crippen LogP contribution in [-0.4, -0.2) is 17.1 Å². The highest BCUT2D eigenvalue weighted by atomic mass is 79.9. The number of halogens is 2. The van der Waals surface area contributed by atoms with Gasteiger partial charge in [-0.05, 0) is 23.8 Å². The van der Waals surface area contributed by atoms with Crippen molar-refractivity contribution in [2.24, 2.45) is 0 Å². The van der Waals surface area contributed by atoms with E-state index in [0.29, 0.717) is 11.2 Å². The lowest BCUT2D eigenvalue weighted by Gasteiger charge is -2.05. The van der Waals surface area contributed by atoms with E-state index in [2.05, 4.69) is 25.9 Å². The topological polar surface area (TPSA) is 35.0 Å². The van der Waals surface area contributed by atoms with Gasteiger partial charge < -0.3 is 4.74 Å². The molecule has 1 aromatic carbocycles. The molecule has 1 aromatic heterocycles. The zero-order valence-corrected chi connectivity index (χ0v) is 10.7. The van der Waals surface area contributed by atoms with E-state index in [0.717, 1.165) is 11.1 Å². The van der Waals surface area contributed by atoms with Crippen LogP contribution >= 0.6 is 15.9 Å². The summed E-state index contributed by atoms with van der Waals surface area (Å²) >= 11 is 3.32. The molecule has 0 aliphatic carbocycles. The molecule has 0 saturated heterocycles. The van der Waals surface area contributed by atoms with Crippen LogP contribution in [0.25, 0.3) is 11.4 Å². The Morgan fingerprint density at radius 2 is 2.00 bits per heavy atom. The fourth-order valence-corrected chi connectivity index (χ4v) is 1.66. The lowest BCUT2D eigenvalue weighted by atomic mass is 10.2. The molecule has 0 atom stereocenters. The summed E-state index contributed by atoms with van der Waals surface area (Å²) < 4.78 is 18.1. The predicted octanol–water partition coefficient (Wildman–Crippen LogP) is 3.19. The second-order valence-corrected chi connectivity index (χ2v) is 3.96. The Bertz CT molecular complexity index is 516. The molecule has 0 spiro atoms. The average Bonchev–Trinajstić information content (AvgIpc) is 2.39. The smallest absolute Gasteiger partial charge is 0.165 e. The summed E-state index contributed by atoms with van der Waals surface area (Å²) in [5.74, 6) is 0.344. The van der Waals surface area contributed by atoms with Gasteiger partial charge >= 0.3 is 0 Å². The fraction of sp³-hybridized carbons (Fsp3) is 0.167.